The number of carbonyl (C=O) groups excluding carboxylic acids is 1. The average Bonchev–Trinajstić information content (AvgIpc) is 2.84. The third-order valence-corrected chi connectivity index (χ3v) is 7.99. The van der Waals surface area contributed by atoms with Crippen LogP contribution in [0.2, 0.25) is 0 Å². The third kappa shape index (κ3) is 4.65. The van der Waals surface area contributed by atoms with Gasteiger partial charge in [-0.2, -0.15) is 0 Å². The molecule has 0 aliphatic carbocycles. The van der Waals surface area contributed by atoms with Crippen LogP contribution in [0.1, 0.15) is 28.4 Å². The maximum atomic E-state index is 12.8. The van der Waals surface area contributed by atoms with Crippen molar-refractivity contribution in [2.24, 2.45) is 0 Å². The number of hydrogen-bond acceptors (Lipinski definition) is 6. The lowest BCUT2D eigenvalue weighted by Gasteiger charge is -2.25. The molecule has 3 aromatic rings. The summed E-state index contributed by atoms with van der Waals surface area (Å²) in [5.74, 6) is 1.68. The van der Waals surface area contributed by atoms with E-state index in [9.17, 15) is 13.2 Å². The second kappa shape index (κ2) is 8.99. The highest BCUT2D eigenvalue weighted by molar-refractivity contribution is 7.99. The van der Waals surface area contributed by atoms with Crippen molar-refractivity contribution in [2.45, 2.75) is 22.3 Å². The van der Waals surface area contributed by atoms with Crippen LogP contribution in [0, 0.1) is 0 Å². The van der Waals surface area contributed by atoms with E-state index in [0.717, 1.165) is 17.7 Å². The molecule has 2 aliphatic heterocycles. The van der Waals surface area contributed by atoms with Gasteiger partial charge in [-0.25, -0.2) is 8.42 Å². The molecule has 0 fully saturated rings. The second-order valence-corrected chi connectivity index (χ2v) is 10.5. The Hall–Kier alpha value is -3.17. The zero-order valence-electron chi connectivity index (χ0n) is 17.6. The number of sulfonamides is 1. The van der Waals surface area contributed by atoms with E-state index in [0.29, 0.717) is 36.0 Å². The van der Waals surface area contributed by atoms with Gasteiger partial charge >= 0.3 is 0 Å². The number of amides is 1. The van der Waals surface area contributed by atoms with E-state index in [1.807, 2.05) is 18.2 Å². The summed E-state index contributed by atoms with van der Waals surface area (Å²) >= 11 is 1.80. The number of nitrogens with one attached hydrogen (secondary N) is 2. The van der Waals surface area contributed by atoms with Crippen LogP contribution in [0.3, 0.4) is 0 Å². The first-order valence-electron chi connectivity index (χ1n) is 10.5. The number of rotatable bonds is 5. The normalized spacial score (nSPS) is 17.0. The number of carbonyl (C=O) groups is 1. The molecule has 2 N–H and O–H groups in total. The largest absolute Gasteiger partial charge is 0.486 e. The first-order valence-corrected chi connectivity index (χ1v) is 13.0. The molecule has 170 valence electrons. The first-order chi connectivity index (χ1) is 16.0. The summed E-state index contributed by atoms with van der Waals surface area (Å²) in [6.45, 7) is 0.808. The molecule has 7 nitrogen and oxygen atoms in total. The van der Waals surface area contributed by atoms with E-state index in [1.54, 1.807) is 42.1 Å². The average molecular weight is 483 g/mol. The summed E-state index contributed by atoms with van der Waals surface area (Å²) < 4.78 is 39.0. The Bertz CT molecular complexity index is 1290. The van der Waals surface area contributed by atoms with Gasteiger partial charge < -0.3 is 14.8 Å². The molecule has 0 bridgehead atoms. The summed E-state index contributed by atoms with van der Waals surface area (Å²) in [6.07, 6.45) is 0.862. The van der Waals surface area contributed by atoms with Crippen LogP contribution in [0.25, 0.3) is 0 Å². The molecule has 0 spiro atoms. The van der Waals surface area contributed by atoms with Gasteiger partial charge in [0.2, 0.25) is 0 Å². The molecule has 2 heterocycles. The van der Waals surface area contributed by atoms with E-state index in [-0.39, 0.29) is 16.8 Å². The van der Waals surface area contributed by atoms with E-state index in [4.69, 9.17) is 9.47 Å². The summed E-state index contributed by atoms with van der Waals surface area (Å²) in [7, 11) is -3.82. The minimum atomic E-state index is -3.82. The number of thioether (sulfide) groups is 1. The Morgan fingerprint density at radius 3 is 2.52 bits per heavy atom. The fraction of sp³-hybridized carbons (Fsp3) is 0.208. The molecule has 0 radical (unpaired) electrons. The molecule has 9 heteroatoms. The molecule has 0 aromatic heterocycles. The smallest absolute Gasteiger partial charge is 0.262 e. The summed E-state index contributed by atoms with van der Waals surface area (Å²) in [6, 6.07) is 18.9. The fourth-order valence-electron chi connectivity index (χ4n) is 3.83. The predicted molar refractivity (Wildman–Crippen MR) is 127 cm³/mol. The minimum Gasteiger partial charge on any atom is -0.486 e. The molecule has 1 amide bonds. The number of anilines is 1. The van der Waals surface area contributed by atoms with Gasteiger partial charge in [-0.3, -0.25) is 9.52 Å². The van der Waals surface area contributed by atoms with E-state index < -0.39 is 10.0 Å². The first kappa shape index (κ1) is 21.7. The van der Waals surface area contributed by atoms with Gasteiger partial charge in [0.1, 0.15) is 13.2 Å². The topological polar surface area (TPSA) is 93.7 Å². The van der Waals surface area contributed by atoms with Crippen LogP contribution in [-0.4, -0.2) is 33.3 Å². The zero-order chi connectivity index (χ0) is 22.8. The Labute approximate surface area is 196 Å². The Kier molecular flexibility index (Phi) is 5.90. The molecular weight excluding hydrogens is 460 g/mol. The Morgan fingerprint density at radius 1 is 0.939 bits per heavy atom. The monoisotopic (exact) mass is 482 g/mol. The van der Waals surface area contributed by atoms with Crippen molar-refractivity contribution in [3.05, 3.63) is 77.9 Å². The van der Waals surface area contributed by atoms with Crippen molar-refractivity contribution in [3.63, 3.8) is 0 Å². The molecule has 0 saturated carbocycles. The minimum absolute atomic E-state index is 0.0386. The molecule has 0 unspecified atom stereocenters. The number of ether oxygens (including phenoxy) is 2. The number of fused-ring (bicyclic) bond motifs is 2. The summed E-state index contributed by atoms with van der Waals surface area (Å²) in [4.78, 5) is 14.1. The highest BCUT2D eigenvalue weighted by Crippen LogP contribution is 2.36. The van der Waals surface area contributed by atoms with E-state index in [2.05, 4.69) is 16.1 Å². The zero-order valence-corrected chi connectivity index (χ0v) is 19.2. The van der Waals surface area contributed by atoms with Crippen molar-refractivity contribution < 1.29 is 22.7 Å². The summed E-state index contributed by atoms with van der Waals surface area (Å²) in [5.41, 5.74) is 1.96. The molecule has 3 aromatic carbocycles. The molecular formula is C24H22N2O5S2. The second-order valence-electron chi connectivity index (χ2n) is 7.69. The maximum Gasteiger partial charge on any atom is 0.262 e. The lowest BCUT2D eigenvalue weighted by molar-refractivity contribution is 0.0935. The molecule has 1 atom stereocenters. The van der Waals surface area contributed by atoms with Crippen LogP contribution < -0.4 is 19.5 Å². The van der Waals surface area contributed by atoms with Gasteiger partial charge in [-0.15, -0.1) is 11.8 Å². The standard InChI is InChI=1S/C24H22N2O5S2/c27-24(25-20-11-14-32-23-4-2-1-3-19(20)23)16-5-7-17(8-6-16)26-33(28,29)18-9-10-21-22(15-18)31-13-12-30-21/h1-10,15,20,26H,11-14H2,(H,25,27)/t20-/m0/s1. The summed E-state index contributed by atoms with van der Waals surface area (Å²) in [5, 5.41) is 3.10. The van der Waals surface area contributed by atoms with Crippen LogP contribution >= 0.6 is 11.8 Å². The van der Waals surface area contributed by atoms with Gasteiger partial charge in [-0.1, -0.05) is 18.2 Å². The highest BCUT2D eigenvalue weighted by atomic mass is 32.2. The van der Waals surface area contributed by atoms with Crippen LogP contribution in [0.4, 0.5) is 5.69 Å². The molecule has 33 heavy (non-hydrogen) atoms. The van der Waals surface area contributed by atoms with E-state index >= 15 is 0 Å². The molecule has 5 rings (SSSR count). The van der Waals surface area contributed by atoms with Crippen molar-refractivity contribution in [1.82, 2.24) is 5.32 Å². The van der Waals surface area contributed by atoms with Gasteiger partial charge in [0.25, 0.3) is 15.9 Å². The van der Waals surface area contributed by atoms with E-state index in [1.165, 1.54) is 17.0 Å². The Balaban J connectivity index is 1.27. The highest BCUT2D eigenvalue weighted by Gasteiger charge is 2.23. The Morgan fingerprint density at radius 2 is 1.70 bits per heavy atom. The van der Waals surface area contributed by atoms with Gasteiger partial charge in [-0.05, 0) is 54.4 Å². The fourth-order valence-corrected chi connectivity index (χ4v) is 6.03. The number of hydrogen-bond donors (Lipinski definition) is 2. The number of benzene rings is 3. The van der Waals surface area contributed by atoms with Gasteiger partial charge in [0.05, 0.1) is 10.9 Å². The molecule has 2 aliphatic rings. The van der Waals surface area contributed by atoms with Crippen molar-refractivity contribution in [3.8, 4) is 11.5 Å². The van der Waals surface area contributed by atoms with Crippen molar-refractivity contribution >= 4 is 33.4 Å². The van der Waals surface area contributed by atoms with Crippen LogP contribution in [-0.2, 0) is 10.0 Å². The van der Waals surface area contributed by atoms with Gasteiger partial charge in [0, 0.05) is 28.0 Å². The lowest BCUT2D eigenvalue weighted by atomic mass is 10.0. The van der Waals surface area contributed by atoms with Crippen molar-refractivity contribution in [1.29, 1.82) is 0 Å². The van der Waals surface area contributed by atoms with Crippen molar-refractivity contribution in [2.75, 3.05) is 23.7 Å². The SMILES string of the molecule is O=C(N[C@H]1CCSc2ccccc21)c1ccc(NS(=O)(=O)c2ccc3c(c2)OCCO3)cc1. The van der Waals surface area contributed by atoms with Crippen LogP contribution in [0.15, 0.2) is 76.5 Å². The maximum absolute atomic E-state index is 12.8. The van der Waals surface area contributed by atoms with Crippen LogP contribution in [0.5, 0.6) is 11.5 Å². The lowest BCUT2D eigenvalue weighted by Crippen LogP contribution is -2.30. The third-order valence-electron chi connectivity index (χ3n) is 5.49. The van der Waals surface area contributed by atoms with Gasteiger partial charge in [0.15, 0.2) is 11.5 Å². The molecule has 0 saturated heterocycles. The predicted octanol–water partition coefficient (Wildman–Crippen LogP) is 4.23. The quantitative estimate of drug-likeness (QED) is 0.565.